The number of carbonyl (C=O) groups is 1. The Labute approximate surface area is 159 Å². The molecule has 1 amide bonds. The third-order valence-corrected chi connectivity index (χ3v) is 4.76. The van der Waals surface area contributed by atoms with Crippen LogP contribution in [0, 0.1) is 12.7 Å². The van der Waals surface area contributed by atoms with Gasteiger partial charge in [-0.2, -0.15) is 0 Å². The lowest BCUT2D eigenvalue weighted by Crippen LogP contribution is -2.26. The Hall–Kier alpha value is -3.00. The summed E-state index contributed by atoms with van der Waals surface area (Å²) in [7, 11) is 0. The lowest BCUT2D eigenvalue weighted by Gasteiger charge is -2.11. The van der Waals surface area contributed by atoms with Crippen molar-refractivity contribution in [3.05, 3.63) is 74.7 Å². The number of pyridine rings is 1. The van der Waals surface area contributed by atoms with Gasteiger partial charge in [0.25, 0.3) is 0 Å². The Bertz CT molecular complexity index is 1000. The lowest BCUT2D eigenvalue weighted by molar-refractivity contribution is -0.121. The molecular formula is C19H18FN3O3S. The van der Waals surface area contributed by atoms with Crippen molar-refractivity contribution in [2.24, 2.45) is 0 Å². The van der Waals surface area contributed by atoms with E-state index in [1.807, 2.05) is 6.92 Å². The van der Waals surface area contributed by atoms with Gasteiger partial charge in [-0.3, -0.25) is 9.59 Å². The Morgan fingerprint density at radius 1 is 1.33 bits per heavy atom. The largest absolute Gasteiger partial charge is 0.439 e. The Morgan fingerprint density at radius 2 is 2.19 bits per heavy atom. The molecule has 2 heterocycles. The van der Waals surface area contributed by atoms with Crippen LogP contribution in [-0.2, 0) is 17.9 Å². The number of amides is 1. The zero-order valence-corrected chi connectivity index (χ0v) is 15.5. The first-order valence-electron chi connectivity index (χ1n) is 8.32. The number of aromatic nitrogens is 2. The Balaban J connectivity index is 1.59. The molecule has 0 aliphatic heterocycles. The molecule has 1 N–H and O–H groups in total. The van der Waals surface area contributed by atoms with Gasteiger partial charge < -0.3 is 14.6 Å². The molecule has 2 aromatic heterocycles. The third kappa shape index (κ3) is 5.01. The fraction of sp³-hybridized carbons (Fsp3) is 0.211. The van der Waals surface area contributed by atoms with Crippen molar-refractivity contribution in [1.82, 2.24) is 14.9 Å². The number of benzene rings is 1. The van der Waals surface area contributed by atoms with Gasteiger partial charge in [-0.1, -0.05) is 23.5 Å². The topological polar surface area (TPSA) is 73.2 Å². The van der Waals surface area contributed by atoms with Crippen molar-refractivity contribution in [2.45, 2.75) is 26.4 Å². The SMILES string of the molecule is Cc1csc(=O)n1CCC(=O)NCc1cccnc1Oc1cccc(F)c1. The maximum absolute atomic E-state index is 13.3. The first kappa shape index (κ1) is 18.8. The molecule has 0 aliphatic carbocycles. The summed E-state index contributed by atoms with van der Waals surface area (Å²) in [5, 5.41) is 4.56. The summed E-state index contributed by atoms with van der Waals surface area (Å²) in [4.78, 5) is 27.9. The molecule has 0 saturated carbocycles. The average Bonchev–Trinajstić information content (AvgIpc) is 2.97. The van der Waals surface area contributed by atoms with E-state index in [0.717, 1.165) is 17.0 Å². The Morgan fingerprint density at radius 3 is 2.93 bits per heavy atom. The van der Waals surface area contributed by atoms with Crippen molar-refractivity contribution < 1.29 is 13.9 Å². The maximum Gasteiger partial charge on any atom is 0.307 e. The molecule has 27 heavy (non-hydrogen) atoms. The molecule has 0 aliphatic rings. The van der Waals surface area contributed by atoms with Crippen LogP contribution in [0.2, 0.25) is 0 Å². The zero-order valence-electron chi connectivity index (χ0n) is 14.6. The van der Waals surface area contributed by atoms with E-state index in [-0.39, 0.29) is 23.7 Å². The highest BCUT2D eigenvalue weighted by molar-refractivity contribution is 7.07. The second kappa shape index (κ2) is 8.59. The molecule has 0 spiro atoms. The summed E-state index contributed by atoms with van der Waals surface area (Å²) in [6, 6.07) is 9.26. The molecule has 1 aromatic carbocycles. The fourth-order valence-corrected chi connectivity index (χ4v) is 3.22. The van der Waals surface area contributed by atoms with Crippen LogP contribution in [-0.4, -0.2) is 15.5 Å². The molecule has 8 heteroatoms. The molecule has 0 fully saturated rings. The van der Waals surface area contributed by atoms with Gasteiger partial charge >= 0.3 is 4.87 Å². The third-order valence-electron chi connectivity index (χ3n) is 3.88. The summed E-state index contributed by atoms with van der Waals surface area (Å²) in [5.74, 6) is 0.0344. The van der Waals surface area contributed by atoms with E-state index < -0.39 is 5.82 Å². The molecule has 140 valence electrons. The van der Waals surface area contributed by atoms with Crippen LogP contribution in [0.3, 0.4) is 0 Å². The van der Waals surface area contributed by atoms with Gasteiger partial charge in [0.15, 0.2) is 0 Å². The van der Waals surface area contributed by atoms with Crippen molar-refractivity contribution in [3.63, 3.8) is 0 Å². The molecule has 3 rings (SSSR count). The monoisotopic (exact) mass is 387 g/mol. The van der Waals surface area contributed by atoms with Gasteiger partial charge in [-0.25, -0.2) is 9.37 Å². The number of thiazole rings is 1. The molecular weight excluding hydrogens is 369 g/mol. The van der Waals surface area contributed by atoms with E-state index in [9.17, 15) is 14.0 Å². The summed E-state index contributed by atoms with van der Waals surface area (Å²) in [6.07, 6.45) is 1.75. The molecule has 0 radical (unpaired) electrons. The average molecular weight is 387 g/mol. The van der Waals surface area contributed by atoms with Crippen LogP contribution >= 0.6 is 11.3 Å². The van der Waals surface area contributed by atoms with Gasteiger partial charge in [0.2, 0.25) is 11.8 Å². The lowest BCUT2D eigenvalue weighted by atomic mass is 10.2. The number of rotatable bonds is 7. The van der Waals surface area contributed by atoms with Crippen molar-refractivity contribution in [1.29, 1.82) is 0 Å². The van der Waals surface area contributed by atoms with E-state index in [4.69, 9.17) is 4.74 Å². The van der Waals surface area contributed by atoms with Crippen molar-refractivity contribution in [2.75, 3.05) is 0 Å². The molecule has 6 nitrogen and oxygen atoms in total. The van der Waals surface area contributed by atoms with E-state index in [1.165, 1.54) is 12.1 Å². The number of halogens is 1. The molecule has 0 saturated heterocycles. The van der Waals surface area contributed by atoms with Gasteiger partial charge in [0.05, 0.1) is 0 Å². The number of nitrogens with one attached hydrogen (secondary N) is 1. The van der Waals surface area contributed by atoms with E-state index in [2.05, 4.69) is 10.3 Å². The van der Waals surface area contributed by atoms with E-state index >= 15 is 0 Å². The number of carbonyl (C=O) groups excluding carboxylic acids is 1. The first-order chi connectivity index (χ1) is 13.0. The summed E-state index contributed by atoms with van der Waals surface area (Å²) in [6.45, 7) is 2.38. The number of aryl methyl sites for hydroxylation is 1. The van der Waals surface area contributed by atoms with E-state index in [1.54, 1.807) is 40.4 Å². The van der Waals surface area contributed by atoms with Crippen molar-refractivity contribution >= 4 is 17.2 Å². The predicted octanol–water partition coefficient (Wildman–Crippen LogP) is 3.25. The van der Waals surface area contributed by atoms with Gasteiger partial charge in [-0.05, 0) is 25.1 Å². The quantitative estimate of drug-likeness (QED) is 0.675. The summed E-state index contributed by atoms with van der Waals surface area (Å²) < 4.78 is 20.5. The highest BCUT2D eigenvalue weighted by Gasteiger charge is 2.10. The number of hydrogen-bond acceptors (Lipinski definition) is 5. The number of nitrogens with zero attached hydrogens (tertiary/aromatic N) is 2. The smallest absolute Gasteiger partial charge is 0.307 e. The minimum Gasteiger partial charge on any atom is -0.439 e. The highest BCUT2D eigenvalue weighted by Crippen LogP contribution is 2.23. The van der Waals surface area contributed by atoms with Gasteiger partial charge in [-0.15, -0.1) is 0 Å². The predicted molar refractivity (Wildman–Crippen MR) is 100 cm³/mol. The molecule has 3 aromatic rings. The van der Waals surface area contributed by atoms with Gasteiger partial charge in [0.1, 0.15) is 11.6 Å². The van der Waals surface area contributed by atoms with E-state index in [0.29, 0.717) is 23.7 Å². The van der Waals surface area contributed by atoms with Crippen LogP contribution in [0.5, 0.6) is 11.6 Å². The fourth-order valence-electron chi connectivity index (χ4n) is 2.46. The summed E-state index contributed by atoms with van der Waals surface area (Å²) >= 11 is 1.12. The van der Waals surface area contributed by atoms with Crippen LogP contribution in [0.4, 0.5) is 4.39 Å². The molecule has 0 atom stereocenters. The number of ether oxygens (including phenoxy) is 1. The normalized spacial score (nSPS) is 10.6. The molecule has 0 unspecified atom stereocenters. The minimum absolute atomic E-state index is 0.0710. The highest BCUT2D eigenvalue weighted by atomic mass is 32.1. The second-order valence-corrected chi connectivity index (χ2v) is 6.67. The molecule has 0 bridgehead atoms. The van der Waals surface area contributed by atoms with Crippen LogP contribution in [0.25, 0.3) is 0 Å². The van der Waals surface area contributed by atoms with Crippen LogP contribution in [0.15, 0.2) is 52.8 Å². The van der Waals surface area contributed by atoms with Gasteiger partial charge in [0, 0.05) is 48.4 Å². The zero-order chi connectivity index (χ0) is 19.2. The summed E-state index contributed by atoms with van der Waals surface area (Å²) in [5.41, 5.74) is 1.51. The first-order valence-corrected chi connectivity index (χ1v) is 9.20. The van der Waals surface area contributed by atoms with Crippen molar-refractivity contribution in [3.8, 4) is 11.6 Å². The Kier molecular flexibility index (Phi) is 5.97. The van der Waals surface area contributed by atoms with Crippen LogP contribution in [0.1, 0.15) is 17.7 Å². The standard InChI is InChI=1S/C19H18FN3O3S/c1-13-12-27-19(25)23(13)9-7-17(24)22-11-14-4-3-8-21-18(14)26-16-6-2-5-15(20)10-16/h2-6,8,10,12H,7,9,11H2,1H3,(H,22,24). The maximum atomic E-state index is 13.3. The van der Waals surface area contributed by atoms with Crippen LogP contribution < -0.4 is 14.9 Å². The minimum atomic E-state index is -0.405. The number of hydrogen-bond donors (Lipinski definition) is 1. The second-order valence-electron chi connectivity index (χ2n) is 5.85.